The molecule has 0 unspecified atom stereocenters. The van der Waals surface area contributed by atoms with Crippen LogP contribution in [0.1, 0.15) is 37.7 Å². The van der Waals surface area contributed by atoms with Crippen LogP contribution >= 0.6 is 0 Å². The molecule has 2 saturated heterocycles. The van der Waals surface area contributed by atoms with E-state index < -0.39 is 0 Å². The molecule has 0 bridgehead atoms. The van der Waals surface area contributed by atoms with Crippen LogP contribution in [-0.2, 0) is 6.42 Å². The van der Waals surface area contributed by atoms with Crippen molar-refractivity contribution in [2.24, 2.45) is 5.84 Å². The van der Waals surface area contributed by atoms with Gasteiger partial charge < -0.3 is 14.8 Å². The smallest absolute Gasteiger partial charge is 0.0551 e. The quantitative estimate of drug-likeness (QED) is 0.851. The molecule has 22 heavy (non-hydrogen) atoms. The van der Waals surface area contributed by atoms with Crippen molar-refractivity contribution in [2.45, 2.75) is 44.6 Å². The van der Waals surface area contributed by atoms with Gasteiger partial charge in [0.2, 0.25) is 0 Å². The van der Waals surface area contributed by atoms with Gasteiger partial charge in [-0.25, -0.2) is 5.84 Å². The molecule has 0 spiro atoms. The predicted octanol–water partition coefficient (Wildman–Crippen LogP) is 2.38. The van der Waals surface area contributed by atoms with Gasteiger partial charge in [-0.2, -0.15) is 0 Å². The van der Waals surface area contributed by atoms with Crippen LogP contribution in [0.2, 0.25) is 0 Å². The van der Waals surface area contributed by atoms with Crippen LogP contribution in [0.25, 0.3) is 0 Å². The van der Waals surface area contributed by atoms with E-state index in [0.717, 1.165) is 19.0 Å². The van der Waals surface area contributed by atoms with Crippen LogP contribution in [0.3, 0.4) is 0 Å². The van der Waals surface area contributed by atoms with E-state index >= 15 is 0 Å². The standard InChI is InChI=1S/C18H28N4/c19-22-13-6-15-14-17(4-5-18(15)22)21-11-7-16(8-12-21)20-9-2-1-3-10-20/h4-5,14,16H,1-3,6-13,19H2. The average molecular weight is 300 g/mol. The van der Waals surface area contributed by atoms with Crippen molar-refractivity contribution >= 4 is 11.4 Å². The maximum absolute atomic E-state index is 5.99. The van der Waals surface area contributed by atoms with Crippen molar-refractivity contribution in [3.63, 3.8) is 0 Å². The van der Waals surface area contributed by atoms with Gasteiger partial charge in [0, 0.05) is 31.4 Å². The SMILES string of the molecule is NN1CCc2cc(N3CCC(N4CCCCC4)CC3)ccc21. The molecule has 2 fully saturated rings. The van der Waals surface area contributed by atoms with E-state index in [-0.39, 0.29) is 0 Å². The highest BCUT2D eigenvalue weighted by molar-refractivity contribution is 5.64. The highest BCUT2D eigenvalue weighted by Gasteiger charge is 2.26. The highest BCUT2D eigenvalue weighted by atomic mass is 15.4. The van der Waals surface area contributed by atoms with Crippen molar-refractivity contribution in [1.29, 1.82) is 0 Å². The zero-order valence-corrected chi connectivity index (χ0v) is 13.5. The van der Waals surface area contributed by atoms with Gasteiger partial charge in [-0.05, 0) is 69.0 Å². The first kappa shape index (κ1) is 14.3. The largest absolute Gasteiger partial charge is 0.371 e. The summed E-state index contributed by atoms with van der Waals surface area (Å²) in [6.45, 7) is 6.01. The number of hydrogen-bond donors (Lipinski definition) is 1. The molecule has 0 aliphatic carbocycles. The van der Waals surface area contributed by atoms with Crippen molar-refractivity contribution < 1.29 is 0 Å². The van der Waals surface area contributed by atoms with Gasteiger partial charge in [-0.3, -0.25) is 0 Å². The monoisotopic (exact) mass is 300 g/mol. The van der Waals surface area contributed by atoms with Gasteiger partial charge >= 0.3 is 0 Å². The fourth-order valence-corrected chi connectivity index (χ4v) is 4.38. The summed E-state index contributed by atoms with van der Waals surface area (Å²) >= 11 is 0. The lowest BCUT2D eigenvalue weighted by molar-refractivity contribution is 0.141. The van der Waals surface area contributed by atoms with E-state index in [1.807, 2.05) is 5.01 Å². The van der Waals surface area contributed by atoms with Gasteiger partial charge in [-0.1, -0.05) is 6.42 Å². The Morgan fingerprint density at radius 1 is 0.909 bits per heavy atom. The number of piperidine rings is 2. The highest BCUT2D eigenvalue weighted by Crippen LogP contribution is 2.31. The Labute approximate surface area is 133 Å². The summed E-state index contributed by atoms with van der Waals surface area (Å²) in [5.74, 6) is 5.99. The number of fused-ring (bicyclic) bond motifs is 1. The summed E-state index contributed by atoms with van der Waals surface area (Å²) in [5.41, 5.74) is 4.02. The molecule has 0 aromatic heterocycles. The van der Waals surface area contributed by atoms with Crippen LogP contribution < -0.4 is 15.8 Å². The molecule has 3 aliphatic rings. The molecule has 0 amide bonds. The normalized spacial score (nSPS) is 23.9. The van der Waals surface area contributed by atoms with Crippen LogP contribution in [0.15, 0.2) is 18.2 Å². The van der Waals surface area contributed by atoms with Crippen molar-refractivity contribution in [3.05, 3.63) is 23.8 Å². The molecule has 0 atom stereocenters. The average Bonchev–Trinajstić information content (AvgIpc) is 2.96. The first-order chi connectivity index (χ1) is 10.8. The third-order valence-corrected chi connectivity index (χ3v) is 5.73. The minimum absolute atomic E-state index is 0.825. The zero-order chi connectivity index (χ0) is 14.9. The molecule has 120 valence electrons. The van der Waals surface area contributed by atoms with E-state index in [1.165, 1.54) is 75.2 Å². The maximum Gasteiger partial charge on any atom is 0.0551 e. The third-order valence-electron chi connectivity index (χ3n) is 5.73. The van der Waals surface area contributed by atoms with Gasteiger partial charge in [0.1, 0.15) is 0 Å². The Kier molecular flexibility index (Phi) is 3.97. The van der Waals surface area contributed by atoms with E-state index in [0.29, 0.717) is 0 Å². The minimum atomic E-state index is 0.825. The molecule has 0 radical (unpaired) electrons. The molecule has 4 rings (SSSR count). The topological polar surface area (TPSA) is 35.7 Å². The number of anilines is 2. The van der Waals surface area contributed by atoms with Gasteiger partial charge in [-0.15, -0.1) is 0 Å². The fourth-order valence-electron chi connectivity index (χ4n) is 4.38. The van der Waals surface area contributed by atoms with E-state index in [1.54, 1.807) is 0 Å². The summed E-state index contributed by atoms with van der Waals surface area (Å²) in [7, 11) is 0. The number of likely N-dealkylation sites (tertiary alicyclic amines) is 1. The number of hydrazine groups is 1. The summed E-state index contributed by atoms with van der Waals surface area (Å²) in [6.07, 6.45) is 7.97. The molecule has 4 heteroatoms. The zero-order valence-electron chi connectivity index (χ0n) is 13.5. The van der Waals surface area contributed by atoms with Gasteiger partial charge in [0.25, 0.3) is 0 Å². The van der Waals surface area contributed by atoms with E-state index in [9.17, 15) is 0 Å². The van der Waals surface area contributed by atoms with E-state index in [2.05, 4.69) is 28.0 Å². The first-order valence-corrected chi connectivity index (χ1v) is 8.95. The number of hydrogen-bond acceptors (Lipinski definition) is 4. The van der Waals surface area contributed by atoms with Crippen LogP contribution in [0.5, 0.6) is 0 Å². The lowest BCUT2D eigenvalue weighted by Crippen LogP contribution is -2.46. The number of nitrogens with zero attached hydrogens (tertiary/aromatic N) is 3. The molecule has 3 heterocycles. The maximum atomic E-state index is 5.99. The summed E-state index contributed by atoms with van der Waals surface area (Å²) in [5, 5.41) is 1.88. The van der Waals surface area contributed by atoms with Crippen molar-refractivity contribution in [2.75, 3.05) is 42.6 Å². The third kappa shape index (κ3) is 2.70. The Bertz CT molecular complexity index is 516. The Balaban J connectivity index is 1.39. The molecule has 1 aromatic rings. The number of benzene rings is 1. The molecule has 1 aromatic carbocycles. The molecule has 0 saturated carbocycles. The molecule has 2 N–H and O–H groups in total. The Morgan fingerprint density at radius 2 is 1.68 bits per heavy atom. The van der Waals surface area contributed by atoms with Crippen LogP contribution in [0.4, 0.5) is 11.4 Å². The van der Waals surface area contributed by atoms with Crippen LogP contribution in [-0.4, -0.2) is 43.7 Å². The lowest BCUT2D eigenvalue weighted by atomic mass is 9.99. The second-order valence-corrected chi connectivity index (χ2v) is 7.07. The second kappa shape index (κ2) is 6.09. The molecule has 4 nitrogen and oxygen atoms in total. The predicted molar refractivity (Wildman–Crippen MR) is 92.3 cm³/mol. The number of nitrogens with two attached hydrogens (primary N) is 1. The minimum Gasteiger partial charge on any atom is -0.371 e. The Morgan fingerprint density at radius 3 is 2.45 bits per heavy atom. The van der Waals surface area contributed by atoms with Crippen molar-refractivity contribution in [1.82, 2.24) is 4.90 Å². The van der Waals surface area contributed by atoms with Crippen LogP contribution in [0, 0.1) is 0 Å². The Hall–Kier alpha value is -1.26. The number of rotatable bonds is 2. The summed E-state index contributed by atoms with van der Waals surface area (Å²) in [6, 6.07) is 7.65. The lowest BCUT2D eigenvalue weighted by Gasteiger charge is -2.41. The van der Waals surface area contributed by atoms with Crippen molar-refractivity contribution in [3.8, 4) is 0 Å². The van der Waals surface area contributed by atoms with Gasteiger partial charge in [0.15, 0.2) is 0 Å². The van der Waals surface area contributed by atoms with E-state index in [4.69, 9.17) is 5.84 Å². The fraction of sp³-hybridized carbons (Fsp3) is 0.667. The molecule has 3 aliphatic heterocycles. The second-order valence-electron chi connectivity index (χ2n) is 7.07. The molecular weight excluding hydrogens is 272 g/mol. The summed E-state index contributed by atoms with van der Waals surface area (Å²) in [4.78, 5) is 5.32. The molecular formula is C18H28N4. The first-order valence-electron chi connectivity index (χ1n) is 8.95. The summed E-state index contributed by atoms with van der Waals surface area (Å²) < 4.78 is 0. The van der Waals surface area contributed by atoms with Gasteiger partial charge in [0.05, 0.1) is 5.69 Å².